The number of rotatable bonds is 2. The second kappa shape index (κ2) is 6.38. The van der Waals surface area contributed by atoms with Crippen LogP contribution in [0.1, 0.15) is 22.8 Å². The first-order chi connectivity index (χ1) is 11.8. The molecule has 0 spiro atoms. The third-order valence-corrected chi connectivity index (χ3v) is 4.24. The van der Waals surface area contributed by atoms with Crippen LogP contribution in [0.25, 0.3) is 0 Å². The van der Waals surface area contributed by atoms with E-state index in [1.54, 1.807) is 27.7 Å². The minimum absolute atomic E-state index is 0.128. The summed E-state index contributed by atoms with van der Waals surface area (Å²) in [7, 11) is 1.73. The van der Waals surface area contributed by atoms with E-state index in [0.29, 0.717) is 25.2 Å². The van der Waals surface area contributed by atoms with Crippen LogP contribution in [0.3, 0.4) is 0 Å². The molecule has 1 aliphatic rings. The fourth-order valence-corrected chi connectivity index (χ4v) is 2.93. The maximum absolute atomic E-state index is 12.9. The SMILES string of the molecule is CC1CN(c2cc(C(F)(F)F)ccn2)CCN1C(=O)c1cnn(C)c1. The van der Waals surface area contributed by atoms with Gasteiger partial charge in [-0.25, -0.2) is 4.98 Å². The van der Waals surface area contributed by atoms with E-state index in [0.717, 1.165) is 18.3 Å². The number of pyridine rings is 1. The first-order valence-corrected chi connectivity index (χ1v) is 7.83. The summed E-state index contributed by atoms with van der Waals surface area (Å²) in [4.78, 5) is 20.1. The van der Waals surface area contributed by atoms with Crippen LogP contribution in [0.2, 0.25) is 0 Å². The molecule has 2 aromatic heterocycles. The first kappa shape index (κ1) is 17.2. The highest BCUT2D eigenvalue weighted by Gasteiger charge is 2.33. The number of aryl methyl sites for hydroxylation is 1. The molecule has 0 N–H and O–H groups in total. The second-order valence-electron chi connectivity index (χ2n) is 6.10. The third kappa shape index (κ3) is 3.59. The first-order valence-electron chi connectivity index (χ1n) is 7.83. The molecule has 1 atom stereocenters. The quantitative estimate of drug-likeness (QED) is 0.831. The van der Waals surface area contributed by atoms with Gasteiger partial charge in [-0.1, -0.05) is 0 Å². The van der Waals surface area contributed by atoms with Crippen LogP contribution in [0.4, 0.5) is 19.0 Å². The van der Waals surface area contributed by atoms with Gasteiger partial charge in [-0.2, -0.15) is 18.3 Å². The maximum Gasteiger partial charge on any atom is 0.416 e. The standard InChI is InChI=1S/C16H18F3N5O/c1-11-9-23(14-7-13(3-4-20-14)16(17,18)19)5-6-24(11)15(25)12-8-21-22(2)10-12/h3-4,7-8,10-11H,5-6,9H2,1-2H3. The van der Waals surface area contributed by atoms with Gasteiger partial charge in [0.1, 0.15) is 5.82 Å². The van der Waals surface area contributed by atoms with E-state index in [1.165, 1.54) is 6.20 Å². The number of alkyl halides is 3. The summed E-state index contributed by atoms with van der Waals surface area (Å²) in [6, 6.07) is 1.85. The number of carbonyl (C=O) groups excluding carboxylic acids is 1. The molecule has 134 valence electrons. The topological polar surface area (TPSA) is 54.3 Å². The molecule has 1 aliphatic heterocycles. The van der Waals surface area contributed by atoms with E-state index in [2.05, 4.69) is 10.1 Å². The Balaban J connectivity index is 1.73. The van der Waals surface area contributed by atoms with Crippen LogP contribution in [0.15, 0.2) is 30.7 Å². The van der Waals surface area contributed by atoms with E-state index in [1.807, 2.05) is 6.92 Å². The number of hydrogen-bond acceptors (Lipinski definition) is 4. The lowest BCUT2D eigenvalue weighted by atomic mass is 10.1. The van der Waals surface area contributed by atoms with Crippen LogP contribution in [-0.2, 0) is 13.2 Å². The van der Waals surface area contributed by atoms with Gasteiger partial charge < -0.3 is 9.80 Å². The molecule has 0 bridgehead atoms. The summed E-state index contributed by atoms with van der Waals surface area (Å²) in [6.07, 6.45) is -0.0804. The van der Waals surface area contributed by atoms with Crippen molar-refractivity contribution in [3.05, 3.63) is 41.9 Å². The number of anilines is 1. The molecular formula is C16H18F3N5O. The lowest BCUT2D eigenvalue weighted by Gasteiger charge is -2.40. The Kier molecular flexibility index (Phi) is 4.40. The third-order valence-electron chi connectivity index (χ3n) is 4.24. The van der Waals surface area contributed by atoms with E-state index in [-0.39, 0.29) is 17.8 Å². The normalized spacial score (nSPS) is 18.5. The second-order valence-corrected chi connectivity index (χ2v) is 6.10. The zero-order valence-electron chi connectivity index (χ0n) is 13.9. The van der Waals surface area contributed by atoms with Gasteiger partial charge in [0, 0.05) is 45.1 Å². The minimum atomic E-state index is -4.40. The molecule has 3 heterocycles. The van der Waals surface area contributed by atoms with Gasteiger partial charge >= 0.3 is 6.18 Å². The molecule has 1 amide bonds. The molecule has 0 aliphatic carbocycles. The number of amides is 1. The van der Waals surface area contributed by atoms with Crippen molar-refractivity contribution in [2.24, 2.45) is 7.05 Å². The van der Waals surface area contributed by atoms with Gasteiger partial charge in [0.05, 0.1) is 17.3 Å². The molecule has 9 heteroatoms. The molecule has 1 fully saturated rings. The summed E-state index contributed by atoms with van der Waals surface area (Å²) in [5, 5.41) is 4.00. The van der Waals surface area contributed by atoms with Crippen molar-refractivity contribution < 1.29 is 18.0 Å². The van der Waals surface area contributed by atoms with Crippen LogP contribution in [-0.4, -0.2) is 51.2 Å². The van der Waals surface area contributed by atoms with Crippen molar-refractivity contribution in [2.75, 3.05) is 24.5 Å². The monoisotopic (exact) mass is 353 g/mol. The number of nitrogens with zero attached hydrogens (tertiary/aromatic N) is 5. The maximum atomic E-state index is 12.9. The van der Waals surface area contributed by atoms with Crippen LogP contribution < -0.4 is 4.90 Å². The summed E-state index contributed by atoms with van der Waals surface area (Å²) in [6.45, 7) is 3.12. The molecule has 2 aromatic rings. The average Bonchev–Trinajstić information content (AvgIpc) is 3.00. The molecule has 0 radical (unpaired) electrons. The average molecular weight is 353 g/mol. The summed E-state index contributed by atoms with van der Waals surface area (Å²) < 4.78 is 40.1. The van der Waals surface area contributed by atoms with Crippen molar-refractivity contribution in [2.45, 2.75) is 19.1 Å². The molecule has 0 aromatic carbocycles. The van der Waals surface area contributed by atoms with Crippen molar-refractivity contribution >= 4 is 11.7 Å². The minimum Gasteiger partial charge on any atom is -0.353 e. The molecule has 3 rings (SSSR count). The number of piperazine rings is 1. The Labute approximate surface area is 142 Å². The van der Waals surface area contributed by atoms with E-state index >= 15 is 0 Å². The van der Waals surface area contributed by atoms with E-state index in [4.69, 9.17) is 0 Å². The number of hydrogen-bond donors (Lipinski definition) is 0. The zero-order valence-corrected chi connectivity index (χ0v) is 13.9. The lowest BCUT2D eigenvalue weighted by molar-refractivity contribution is -0.137. The van der Waals surface area contributed by atoms with Gasteiger partial charge in [-0.05, 0) is 19.1 Å². The molecule has 0 saturated carbocycles. The highest BCUT2D eigenvalue weighted by Crippen LogP contribution is 2.31. The zero-order chi connectivity index (χ0) is 18.2. The van der Waals surface area contributed by atoms with Gasteiger partial charge in [0.2, 0.25) is 0 Å². The molecular weight excluding hydrogens is 335 g/mol. The summed E-state index contributed by atoms with van der Waals surface area (Å²) in [5.74, 6) is 0.146. The van der Waals surface area contributed by atoms with Crippen molar-refractivity contribution in [1.82, 2.24) is 19.7 Å². The predicted molar refractivity (Wildman–Crippen MR) is 85.2 cm³/mol. The molecule has 1 unspecified atom stereocenters. The molecule has 6 nitrogen and oxygen atoms in total. The Hall–Kier alpha value is -2.58. The molecule has 25 heavy (non-hydrogen) atoms. The Bertz CT molecular complexity index is 773. The Morgan fingerprint density at radius 1 is 1.32 bits per heavy atom. The van der Waals surface area contributed by atoms with Crippen molar-refractivity contribution in [3.63, 3.8) is 0 Å². The highest BCUT2D eigenvalue weighted by molar-refractivity contribution is 5.94. The highest BCUT2D eigenvalue weighted by atomic mass is 19.4. The van der Waals surface area contributed by atoms with E-state index < -0.39 is 11.7 Å². The van der Waals surface area contributed by atoms with Gasteiger partial charge in [0.25, 0.3) is 5.91 Å². The smallest absolute Gasteiger partial charge is 0.353 e. The van der Waals surface area contributed by atoms with Gasteiger partial charge in [0.15, 0.2) is 0 Å². The van der Waals surface area contributed by atoms with Crippen LogP contribution >= 0.6 is 0 Å². The summed E-state index contributed by atoms with van der Waals surface area (Å²) >= 11 is 0. The number of aromatic nitrogens is 3. The Morgan fingerprint density at radius 2 is 2.08 bits per heavy atom. The van der Waals surface area contributed by atoms with Crippen LogP contribution in [0, 0.1) is 0 Å². The van der Waals surface area contributed by atoms with E-state index in [9.17, 15) is 18.0 Å². The van der Waals surface area contributed by atoms with Crippen molar-refractivity contribution in [1.29, 1.82) is 0 Å². The predicted octanol–water partition coefficient (Wildman–Crippen LogP) is 2.18. The molecule has 1 saturated heterocycles. The lowest BCUT2D eigenvalue weighted by Crippen LogP contribution is -2.54. The Morgan fingerprint density at radius 3 is 2.68 bits per heavy atom. The fourth-order valence-electron chi connectivity index (χ4n) is 2.93. The van der Waals surface area contributed by atoms with Gasteiger partial charge in [-0.15, -0.1) is 0 Å². The summed E-state index contributed by atoms with van der Waals surface area (Å²) in [5.41, 5.74) is -0.223. The largest absolute Gasteiger partial charge is 0.416 e. The van der Waals surface area contributed by atoms with Gasteiger partial charge in [-0.3, -0.25) is 9.48 Å². The van der Waals surface area contributed by atoms with Crippen LogP contribution in [0.5, 0.6) is 0 Å². The number of carbonyl (C=O) groups is 1. The number of halogens is 3. The fraction of sp³-hybridized carbons (Fsp3) is 0.438. The van der Waals surface area contributed by atoms with Crippen molar-refractivity contribution in [3.8, 4) is 0 Å².